The summed E-state index contributed by atoms with van der Waals surface area (Å²) in [5.41, 5.74) is 7.16. The number of thiazole rings is 1. The maximum absolute atomic E-state index is 5.59. The molecule has 0 bridgehead atoms. The van der Waals surface area contributed by atoms with Crippen LogP contribution in [0, 0.1) is 6.92 Å². The van der Waals surface area contributed by atoms with Crippen LogP contribution in [0.3, 0.4) is 0 Å². The van der Waals surface area contributed by atoms with Crippen molar-refractivity contribution in [1.29, 1.82) is 0 Å². The lowest BCUT2D eigenvalue weighted by molar-refractivity contribution is 0.396. The summed E-state index contributed by atoms with van der Waals surface area (Å²) in [5, 5.41) is 7.90. The molecule has 0 spiro atoms. The molecule has 168 valence electrons. The molecule has 1 aliphatic carbocycles. The van der Waals surface area contributed by atoms with E-state index in [0.717, 1.165) is 59.4 Å². The molecule has 0 N–H and O–H groups in total. The standard InChI is InChI=1S/C24H25N7OS/c1-15-10-30(23-17-6-4-5-7-18(17)28-31(23)11-15)24-27-20(13-33-24)19-8-9-21(22(26-19)32-3)29-12-16(2)25-14-29/h8-9,12-14H,1,4-7,10-11H2,2-3H3. The second kappa shape index (κ2) is 7.84. The fourth-order valence-electron chi connectivity index (χ4n) is 4.70. The van der Waals surface area contributed by atoms with Crippen LogP contribution in [0.4, 0.5) is 10.9 Å². The minimum Gasteiger partial charge on any atom is -0.479 e. The van der Waals surface area contributed by atoms with Gasteiger partial charge in [-0.2, -0.15) is 5.10 Å². The predicted octanol–water partition coefficient (Wildman–Crippen LogP) is 4.49. The van der Waals surface area contributed by atoms with Crippen molar-refractivity contribution in [3.63, 3.8) is 0 Å². The number of methoxy groups -OCH3 is 1. The minimum absolute atomic E-state index is 0.540. The number of ether oxygens (including phenoxy) is 1. The van der Waals surface area contributed by atoms with Gasteiger partial charge in [-0.1, -0.05) is 6.58 Å². The molecule has 0 atom stereocenters. The van der Waals surface area contributed by atoms with Crippen molar-refractivity contribution in [2.75, 3.05) is 18.6 Å². The number of imidazole rings is 1. The van der Waals surface area contributed by atoms with Crippen molar-refractivity contribution in [2.24, 2.45) is 0 Å². The third kappa shape index (κ3) is 3.43. The van der Waals surface area contributed by atoms with Crippen LogP contribution in [0.5, 0.6) is 5.88 Å². The molecule has 9 heteroatoms. The number of rotatable bonds is 4. The first-order chi connectivity index (χ1) is 16.1. The van der Waals surface area contributed by atoms with Crippen molar-refractivity contribution < 1.29 is 4.74 Å². The quantitative estimate of drug-likeness (QED) is 0.419. The van der Waals surface area contributed by atoms with Crippen LogP contribution in [-0.2, 0) is 19.4 Å². The third-order valence-corrected chi connectivity index (χ3v) is 7.08. The Morgan fingerprint density at radius 2 is 1.97 bits per heavy atom. The van der Waals surface area contributed by atoms with E-state index in [-0.39, 0.29) is 0 Å². The molecule has 0 aromatic carbocycles. The Bertz CT molecular complexity index is 1370. The summed E-state index contributed by atoms with van der Waals surface area (Å²) in [4.78, 5) is 16.3. The van der Waals surface area contributed by atoms with Crippen molar-refractivity contribution in [3.8, 4) is 23.0 Å². The first-order valence-electron chi connectivity index (χ1n) is 11.2. The van der Waals surface area contributed by atoms with Gasteiger partial charge in [0.1, 0.15) is 17.2 Å². The Kier molecular flexibility index (Phi) is 4.79. The summed E-state index contributed by atoms with van der Waals surface area (Å²) >= 11 is 1.62. The summed E-state index contributed by atoms with van der Waals surface area (Å²) < 4.78 is 9.62. The van der Waals surface area contributed by atoms with Gasteiger partial charge in [-0.15, -0.1) is 11.3 Å². The van der Waals surface area contributed by atoms with Crippen LogP contribution in [0.25, 0.3) is 17.1 Å². The zero-order valence-corrected chi connectivity index (χ0v) is 19.6. The van der Waals surface area contributed by atoms with Gasteiger partial charge >= 0.3 is 0 Å². The summed E-state index contributed by atoms with van der Waals surface area (Å²) in [5.74, 6) is 1.73. The number of pyridine rings is 1. The van der Waals surface area contributed by atoms with Gasteiger partial charge in [0.25, 0.3) is 0 Å². The lowest BCUT2D eigenvalue weighted by atomic mass is 9.97. The average molecular weight is 460 g/mol. The van der Waals surface area contributed by atoms with Crippen molar-refractivity contribution >= 4 is 22.3 Å². The largest absolute Gasteiger partial charge is 0.479 e. The number of nitrogens with zero attached hydrogens (tertiary/aromatic N) is 7. The molecule has 0 saturated carbocycles. The summed E-state index contributed by atoms with van der Waals surface area (Å²) in [6.45, 7) is 7.77. The highest BCUT2D eigenvalue weighted by Gasteiger charge is 2.30. The van der Waals surface area contributed by atoms with E-state index in [2.05, 4.69) is 26.5 Å². The zero-order chi connectivity index (χ0) is 22.5. The molecule has 4 aromatic heterocycles. The SMILES string of the molecule is C=C1CN(c2nc(-c3ccc(-n4cnc(C)c4)c(OC)n3)cs2)c2c3c(nn2C1)CCCC3. The molecule has 2 aliphatic rings. The number of fused-ring (bicyclic) bond motifs is 3. The Balaban J connectivity index is 1.36. The number of hydrogen-bond donors (Lipinski definition) is 0. The normalized spacial score (nSPS) is 15.5. The van der Waals surface area contributed by atoms with Gasteiger partial charge < -0.3 is 9.30 Å². The molecular weight excluding hydrogens is 434 g/mol. The lowest BCUT2D eigenvalue weighted by Gasteiger charge is -2.30. The minimum atomic E-state index is 0.540. The number of aromatic nitrogens is 6. The van der Waals surface area contributed by atoms with Crippen LogP contribution in [0.2, 0.25) is 0 Å². The van der Waals surface area contributed by atoms with Crippen molar-refractivity contribution in [1.82, 2.24) is 29.3 Å². The second-order valence-corrected chi connectivity index (χ2v) is 9.45. The van der Waals surface area contributed by atoms with Crippen LogP contribution >= 0.6 is 11.3 Å². The molecule has 8 nitrogen and oxygen atoms in total. The molecule has 0 radical (unpaired) electrons. The van der Waals surface area contributed by atoms with E-state index in [1.165, 1.54) is 29.9 Å². The summed E-state index contributed by atoms with van der Waals surface area (Å²) in [7, 11) is 1.63. The number of anilines is 2. The second-order valence-electron chi connectivity index (χ2n) is 8.61. The Morgan fingerprint density at radius 3 is 2.79 bits per heavy atom. The van der Waals surface area contributed by atoms with E-state index in [9.17, 15) is 0 Å². The average Bonchev–Trinajstić information content (AvgIpc) is 3.56. The fraction of sp³-hybridized carbons (Fsp3) is 0.333. The van der Waals surface area contributed by atoms with Crippen LogP contribution in [0.15, 0.2) is 42.2 Å². The van der Waals surface area contributed by atoms with Crippen molar-refractivity contribution in [3.05, 3.63) is 59.1 Å². The van der Waals surface area contributed by atoms with E-state index in [1.54, 1.807) is 24.8 Å². The monoisotopic (exact) mass is 459 g/mol. The van der Waals surface area contributed by atoms with Crippen molar-refractivity contribution in [2.45, 2.75) is 39.2 Å². The van der Waals surface area contributed by atoms with E-state index < -0.39 is 0 Å². The Morgan fingerprint density at radius 1 is 1.09 bits per heavy atom. The van der Waals surface area contributed by atoms with Crippen LogP contribution in [-0.4, -0.2) is 43.0 Å². The highest BCUT2D eigenvalue weighted by atomic mass is 32.1. The van der Waals surface area contributed by atoms with Gasteiger partial charge in [-0.25, -0.2) is 19.6 Å². The van der Waals surface area contributed by atoms with E-state index in [1.807, 2.05) is 29.8 Å². The highest BCUT2D eigenvalue weighted by molar-refractivity contribution is 7.14. The molecule has 0 saturated heterocycles. The first kappa shape index (κ1) is 20.2. The van der Waals surface area contributed by atoms with Gasteiger partial charge in [0.2, 0.25) is 5.88 Å². The molecule has 1 aliphatic heterocycles. The van der Waals surface area contributed by atoms with Gasteiger partial charge in [0, 0.05) is 23.7 Å². The molecule has 5 heterocycles. The smallest absolute Gasteiger partial charge is 0.238 e. The van der Waals surface area contributed by atoms with E-state index in [0.29, 0.717) is 5.88 Å². The first-order valence-corrected chi connectivity index (χ1v) is 12.0. The zero-order valence-electron chi connectivity index (χ0n) is 18.8. The topological polar surface area (TPSA) is 73.9 Å². The van der Waals surface area contributed by atoms with Gasteiger partial charge in [-0.05, 0) is 50.3 Å². The molecule has 0 unspecified atom stereocenters. The summed E-state index contributed by atoms with van der Waals surface area (Å²) in [6, 6.07) is 3.97. The van der Waals surface area contributed by atoms with Gasteiger partial charge in [0.15, 0.2) is 5.13 Å². The Hall–Kier alpha value is -3.46. The van der Waals surface area contributed by atoms with E-state index in [4.69, 9.17) is 19.8 Å². The number of aryl methyl sites for hydroxylation is 2. The van der Waals surface area contributed by atoms with Gasteiger partial charge in [0.05, 0.1) is 37.1 Å². The maximum atomic E-state index is 5.59. The van der Waals surface area contributed by atoms with Crippen LogP contribution in [0.1, 0.15) is 29.8 Å². The maximum Gasteiger partial charge on any atom is 0.238 e. The fourth-order valence-corrected chi connectivity index (χ4v) is 5.52. The molecule has 6 rings (SSSR count). The van der Waals surface area contributed by atoms with Crippen LogP contribution < -0.4 is 9.64 Å². The molecule has 0 amide bonds. The molecular formula is C24H25N7OS. The number of hydrogen-bond acceptors (Lipinski definition) is 7. The third-order valence-electron chi connectivity index (χ3n) is 6.21. The van der Waals surface area contributed by atoms with Gasteiger partial charge in [-0.3, -0.25) is 4.90 Å². The molecule has 0 fully saturated rings. The molecule has 4 aromatic rings. The summed E-state index contributed by atoms with van der Waals surface area (Å²) in [6.07, 6.45) is 8.30. The lowest BCUT2D eigenvalue weighted by Crippen LogP contribution is -2.30. The molecule has 33 heavy (non-hydrogen) atoms. The highest BCUT2D eigenvalue weighted by Crippen LogP contribution is 2.40. The van der Waals surface area contributed by atoms with E-state index >= 15 is 0 Å². The Labute approximate surface area is 196 Å². The predicted molar refractivity (Wildman–Crippen MR) is 129 cm³/mol.